The SMILES string of the molecule is CSc1nc(Cl)cc(Oc2ccc(Cl)cc2Cl)n1. The molecule has 0 bridgehead atoms. The predicted octanol–water partition coefficient (Wildman–Crippen LogP) is 4.95. The molecule has 18 heavy (non-hydrogen) atoms. The van der Waals surface area contributed by atoms with Gasteiger partial charge in [0.1, 0.15) is 10.9 Å². The molecule has 0 saturated heterocycles. The van der Waals surface area contributed by atoms with Crippen LogP contribution >= 0.6 is 46.6 Å². The molecule has 2 aromatic rings. The van der Waals surface area contributed by atoms with Crippen LogP contribution in [0.25, 0.3) is 0 Å². The molecule has 0 fully saturated rings. The van der Waals surface area contributed by atoms with Crippen LogP contribution in [0.15, 0.2) is 29.4 Å². The third kappa shape index (κ3) is 3.42. The van der Waals surface area contributed by atoms with E-state index in [2.05, 4.69) is 9.97 Å². The summed E-state index contributed by atoms with van der Waals surface area (Å²) in [6.45, 7) is 0. The van der Waals surface area contributed by atoms with Gasteiger partial charge < -0.3 is 4.74 Å². The van der Waals surface area contributed by atoms with E-state index in [9.17, 15) is 0 Å². The summed E-state index contributed by atoms with van der Waals surface area (Å²) in [5.74, 6) is 0.798. The molecule has 0 aliphatic carbocycles. The fourth-order valence-electron chi connectivity index (χ4n) is 1.19. The van der Waals surface area contributed by atoms with E-state index >= 15 is 0 Å². The lowest BCUT2D eigenvalue weighted by Crippen LogP contribution is -1.93. The minimum atomic E-state index is 0.314. The lowest BCUT2D eigenvalue weighted by Gasteiger charge is -2.07. The fraction of sp³-hybridized carbons (Fsp3) is 0.0909. The molecule has 94 valence electrons. The number of nitrogens with zero attached hydrogens (tertiary/aromatic N) is 2. The van der Waals surface area contributed by atoms with E-state index in [0.29, 0.717) is 32.0 Å². The Morgan fingerprint density at radius 2 is 1.89 bits per heavy atom. The average molecular weight is 322 g/mol. The Balaban J connectivity index is 2.30. The Bertz CT molecular complexity index is 580. The van der Waals surface area contributed by atoms with Gasteiger partial charge in [-0.25, -0.2) is 4.98 Å². The summed E-state index contributed by atoms with van der Waals surface area (Å²) in [5, 5.41) is 1.79. The Labute approximate surface area is 123 Å². The van der Waals surface area contributed by atoms with Crippen molar-refractivity contribution in [2.75, 3.05) is 6.26 Å². The molecule has 0 aliphatic heterocycles. The molecule has 1 aromatic heterocycles. The van der Waals surface area contributed by atoms with Crippen LogP contribution < -0.4 is 4.74 Å². The Morgan fingerprint density at radius 1 is 1.11 bits per heavy atom. The topological polar surface area (TPSA) is 35.0 Å². The van der Waals surface area contributed by atoms with E-state index in [-0.39, 0.29) is 0 Å². The predicted molar refractivity (Wildman–Crippen MR) is 75.4 cm³/mol. The first-order chi connectivity index (χ1) is 8.58. The lowest BCUT2D eigenvalue weighted by molar-refractivity contribution is 0.456. The van der Waals surface area contributed by atoms with Crippen LogP contribution in [-0.4, -0.2) is 16.2 Å². The first kappa shape index (κ1) is 13.7. The van der Waals surface area contributed by atoms with Gasteiger partial charge >= 0.3 is 0 Å². The second kappa shape index (κ2) is 5.97. The van der Waals surface area contributed by atoms with E-state index in [1.807, 2.05) is 6.26 Å². The highest BCUT2D eigenvalue weighted by molar-refractivity contribution is 7.98. The third-order valence-corrected chi connectivity index (χ3v) is 3.21. The molecular formula is C11H7Cl3N2OS. The van der Waals surface area contributed by atoms with Crippen molar-refractivity contribution in [1.29, 1.82) is 0 Å². The van der Waals surface area contributed by atoms with Crippen LogP contribution in [0.2, 0.25) is 15.2 Å². The summed E-state index contributed by atoms with van der Waals surface area (Å²) >= 11 is 19.0. The summed E-state index contributed by atoms with van der Waals surface area (Å²) in [5.41, 5.74) is 0. The highest BCUT2D eigenvalue weighted by Crippen LogP contribution is 2.31. The van der Waals surface area contributed by atoms with Crippen molar-refractivity contribution in [3.05, 3.63) is 39.5 Å². The van der Waals surface area contributed by atoms with Crippen molar-refractivity contribution in [3.8, 4) is 11.6 Å². The van der Waals surface area contributed by atoms with Gasteiger partial charge in [-0.2, -0.15) is 4.98 Å². The third-order valence-electron chi connectivity index (χ3n) is 1.94. The highest BCUT2D eigenvalue weighted by Gasteiger charge is 2.08. The van der Waals surface area contributed by atoms with Gasteiger partial charge in [0.15, 0.2) is 5.16 Å². The van der Waals surface area contributed by atoms with Crippen LogP contribution in [0.5, 0.6) is 11.6 Å². The number of hydrogen-bond donors (Lipinski definition) is 0. The van der Waals surface area contributed by atoms with Crippen molar-refractivity contribution < 1.29 is 4.74 Å². The summed E-state index contributed by atoms with van der Waals surface area (Å²) in [6, 6.07) is 6.46. The van der Waals surface area contributed by atoms with Crippen LogP contribution in [0.1, 0.15) is 0 Å². The molecule has 0 unspecified atom stereocenters. The second-order valence-electron chi connectivity index (χ2n) is 3.19. The minimum Gasteiger partial charge on any atom is -0.437 e. The van der Waals surface area contributed by atoms with Crippen LogP contribution in [0.3, 0.4) is 0 Å². The zero-order chi connectivity index (χ0) is 13.1. The highest BCUT2D eigenvalue weighted by atomic mass is 35.5. The maximum atomic E-state index is 6.00. The summed E-state index contributed by atoms with van der Waals surface area (Å²) in [7, 11) is 0. The quantitative estimate of drug-likeness (QED) is 0.455. The molecule has 1 aromatic carbocycles. The van der Waals surface area contributed by atoms with Gasteiger partial charge in [-0.1, -0.05) is 46.6 Å². The Hall–Kier alpha value is -0.680. The normalized spacial score (nSPS) is 10.4. The number of benzene rings is 1. The number of aromatic nitrogens is 2. The molecule has 0 radical (unpaired) electrons. The Kier molecular flexibility index (Phi) is 4.56. The largest absolute Gasteiger partial charge is 0.437 e. The number of ether oxygens (including phenoxy) is 1. The average Bonchev–Trinajstić information content (AvgIpc) is 2.32. The summed E-state index contributed by atoms with van der Waals surface area (Å²) in [4.78, 5) is 8.18. The molecule has 1 heterocycles. The zero-order valence-corrected chi connectivity index (χ0v) is 12.2. The number of thioether (sulfide) groups is 1. The monoisotopic (exact) mass is 320 g/mol. The van der Waals surface area contributed by atoms with Crippen molar-refractivity contribution in [3.63, 3.8) is 0 Å². The van der Waals surface area contributed by atoms with Crippen molar-refractivity contribution in [2.24, 2.45) is 0 Å². The molecular weight excluding hydrogens is 315 g/mol. The molecule has 0 atom stereocenters. The molecule has 2 rings (SSSR count). The number of halogens is 3. The second-order valence-corrected chi connectivity index (χ2v) is 5.20. The van der Waals surface area contributed by atoms with Gasteiger partial charge in [0.25, 0.3) is 0 Å². The van der Waals surface area contributed by atoms with Gasteiger partial charge in [-0.3, -0.25) is 0 Å². The molecule has 7 heteroatoms. The first-order valence-corrected chi connectivity index (χ1v) is 7.16. The first-order valence-electron chi connectivity index (χ1n) is 4.80. The lowest BCUT2D eigenvalue weighted by atomic mass is 10.3. The Morgan fingerprint density at radius 3 is 2.56 bits per heavy atom. The minimum absolute atomic E-state index is 0.314. The van der Waals surface area contributed by atoms with E-state index in [1.54, 1.807) is 18.2 Å². The van der Waals surface area contributed by atoms with E-state index in [4.69, 9.17) is 39.5 Å². The molecule has 0 saturated carbocycles. The van der Waals surface area contributed by atoms with Crippen LogP contribution in [0.4, 0.5) is 0 Å². The molecule has 3 nitrogen and oxygen atoms in total. The molecule has 0 aliphatic rings. The van der Waals surface area contributed by atoms with Crippen molar-refractivity contribution in [1.82, 2.24) is 9.97 Å². The fourth-order valence-corrected chi connectivity index (χ4v) is 2.23. The van der Waals surface area contributed by atoms with Gasteiger partial charge in [0, 0.05) is 11.1 Å². The van der Waals surface area contributed by atoms with Crippen molar-refractivity contribution in [2.45, 2.75) is 5.16 Å². The molecule has 0 amide bonds. The molecule has 0 N–H and O–H groups in total. The van der Waals surface area contributed by atoms with Gasteiger partial charge in [0.2, 0.25) is 5.88 Å². The summed E-state index contributed by atoms with van der Waals surface area (Å²) in [6.07, 6.45) is 1.85. The van der Waals surface area contributed by atoms with Gasteiger partial charge in [0.05, 0.1) is 5.02 Å². The van der Waals surface area contributed by atoms with E-state index < -0.39 is 0 Å². The maximum absolute atomic E-state index is 6.00. The standard InChI is InChI=1S/C11H7Cl3N2OS/c1-18-11-15-9(14)5-10(16-11)17-8-3-2-6(12)4-7(8)13/h2-5H,1H3. The van der Waals surface area contributed by atoms with Gasteiger partial charge in [-0.05, 0) is 24.5 Å². The van der Waals surface area contributed by atoms with Crippen LogP contribution in [-0.2, 0) is 0 Å². The summed E-state index contributed by atoms with van der Waals surface area (Å²) < 4.78 is 5.55. The number of hydrogen-bond acceptors (Lipinski definition) is 4. The van der Waals surface area contributed by atoms with E-state index in [1.165, 1.54) is 17.8 Å². The maximum Gasteiger partial charge on any atom is 0.224 e. The van der Waals surface area contributed by atoms with E-state index in [0.717, 1.165) is 0 Å². The van der Waals surface area contributed by atoms with Crippen LogP contribution in [0, 0.1) is 0 Å². The smallest absolute Gasteiger partial charge is 0.224 e. The van der Waals surface area contributed by atoms with Gasteiger partial charge in [-0.15, -0.1) is 0 Å². The number of rotatable bonds is 3. The zero-order valence-electron chi connectivity index (χ0n) is 9.15. The molecule has 0 spiro atoms. The van der Waals surface area contributed by atoms with Crippen molar-refractivity contribution >= 4 is 46.6 Å².